The second-order valence-electron chi connectivity index (χ2n) is 8.76. The lowest BCUT2D eigenvalue weighted by Crippen LogP contribution is -2.34. The molecule has 0 saturated carbocycles. The van der Waals surface area contributed by atoms with Crippen LogP contribution in [-0.2, 0) is 24.3 Å². The van der Waals surface area contributed by atoms with E-state index in [0.717, 1.165) is 39.3 Å². The van der Waals surface area contributed by atoms with Gasteiger partial charge in [0, 0.05) is 48.7 Å². The first kappa shape index (κ1) is 25.3. The maximum atomic E-state index is 13.6. The molecule has 0 saturated heterocycles. The number of rotatable bonds is 8. The Morgan fingerprint density at radius 1 is 1.32 bits per heavy atom. The fourth-order valence-corrected chi connectivity index (χ4v) is 5.77. The van der Waals surface area contributed by atoms with Gasteiger partial charge in [0.1, 0.15) is 22.8 Å². The fraction of sp³-hybridized carbons (Fsp3) is 0.259. The summed E-state index contributed by atoms with van der Waals surface area (Å²) in [6.45, 7) is 5.62. The van der Waals surface area contributed by atoms with Crippen LogP contribution in [0.4, 0.5) is 15.9 Å². The van der Waals surface area contributed by atoms with Crippen LogP contribution in [0.25, 0.3) is 10.2 Å². The number of thiophene rings is 1. The molecule has 4 heterocycles. The first-order valence-corrected chi connectivity index (χ1v) is 13.2. The van der Waals surface area contributed by atoms with Gasteiger partial charge in [-0.1, -0.05) is 30.7 Å². The lowest BCUT2D eigenvalue weighted by molar-refractivity contribution is -0.126. The molecular weight excluding hydrogens is 511 g/mol. The Hall–Kier alpha value is -3.40. The number of anilines is 2. The summed E-state index contributed by atoms with van der Waals surface area (Å²) < 4.78 is 13.6. The molecule has 5 rings (SSSR count). The average Bonchev–Trinajstić information content (AvgIpc) is 3.29. The van der Waals surface area contributed by atoms with E-state index in [1.165, 1.54) is 18.5 Å². The third-order valence-corrected chi connectivity index (χ3v) is 7.75. The molecule has 1 aliphatic heterocycles. The largest absolute Gasteiger partial charge is 0.340 e. The van der Waals surface area contributed by atoms with Gasteiger partial charge in [0.05, 0.1) is 17.0 Å². The molecule has 7 nitrogen and oxygen atoms in total. The minimum absolute atomic E-state index is 0.00548. The zero-order valence-corrected chi connectivity index (χ0v) is 21.9. The first-order valence-electron chi connectivity index (χ1n) is 12.1. The maximum absolute atomic E-state index is 13.6. The lowest BCUT2D eigenvalue weighted by atomic mass is 10.0. The predicted molar refractivity (Wildman–Crippen MR) is 146 cm³/mol. The number of carbonyl (C=O) groups is 1. The summed E-state index contributed by atoms with van der Waals surface area (Å²) in [5.41, 5.74) is 2.95. The average molecular weight is 537 g/mol. The van der Waals surface area contributed by atoms with Crippen LogP contribution in [0.3, 0.4) is 0 Å². The zero-order chi connectivity index (χ0) is 25.8. The fourth-order valence-electron chi connectivity index (χ4n) is 4.38. The summed E-state index contributed by atoms with van der Waals surface area (Å²) in [6, 6.07) is 8.47. The molecule has 0 spiro atoms. The highest BCUT2D eigenvalue weighted by Gasteiger charge is 2.25. The third-order valence-electron chi connectivity index (χ3n) is 6.33. The highest BCUT2D eigenvalue weighted by molar-refractivity contribution is 7.19. The standard InChI is InChI=1S/C27H26ClFN6OS/c1-2-34(15-18-5-3-10-30-14-18)11-4-6-24(36)35-12-9-20-23(16-35)37-27-25(20)26(31-17-32-27)33-19-7-8-22(29)21(28)13-19/h3-8,10,13-14,17H,2,9,11-12,15-16H2,1H3,(H,31,32,33)/b6-4+. The normalized spacial score (nSPS) is 13.5. The van der Waals surface area contributed by atoms with Gasteiger partial charge in [-0.2, -0.15) is 0 Å². The quantitative estimate of drug-likeness (QED) is 0.296. The summed E-state index contributed by atoms with van der Waals surface area (Å²) in [7, 11) is 0. The molecule has 4 aromatic rings. The SMILES string of the molecule is CCN(C/C=C/C(=O)N1CCc2c(sc3ncnc(Nc4ccc(F)c(Cl)c4)c23)C1)Cc1cccnc1. The number of hydrogen-bond acceptors (Lipinski definition) is 7. The van der Waals surface area contributed by atoms with E-state index >= 15 is 0 Å². The topological polar surface area (TPSA) is 74.2 Å². The van der Waals surface area contributed by atoms with Gasteiger partial charge in [-0.05, 0) is 48.4 Å². The van der Waals surface area contributed by atoms with Gasteiger partial charge in [0.25, 0.3) is 0 Å². The Morgan fingerprint density at radius 3 is 3.00 bits per heavy atom. The van der Waals surface area contributed by atoms with Gasteiger partial charge in [-0.25, -0.2) is 14.4 Å². The lowest BCUT2D eigenvalue weighted by Gasteiger charge is -2.26. The summed E-state index contributed by atoms with van der Waals surface area (Å²) in [5, 5.41) is 4.24. The minimum atomic E-state index is -0.470. The van der Waals surface area contributed by atoms with Crippen LogP contribution in [0.1, 0.15) is 22.9 Å². The maximum Gasteiger partial charge on any atom is 0.246 e. The monoisotopic (exact) mass is 536 g/mol. The number of nitrogens with zero attached hydrogens (tertiary/aromatic N) is 5. The van der Waals surface area contributed by atoms with E-state index in [1.54, 1.807) is 29.7 Å². The molecule has 1 aliphatic rings. The molecule has 0 unspecified atom stereocenters. The van der Waals surface area contributed by atoms with Crippen molar-refractivity contribution in [2.24, 2.45) is 0 Å². The van der Waals surface area contributed by atoms with E-state index in [1.807, 2.05) is 23.2 Å². The number of hydrogen-bond donors (Lipinski definition) is 1. The van der Waals surface area contributed by atoms with Crippen molar-refractivity contribution in [1.82, 2.24) is 24.8 Å². The van der Waals surface area contributed by atoms with Gasteiger partial charge in [-0.3, -0.25) is 14.7 Å². The van der Waals surface area contributed by atoms with Crippen molar-refractivity contribution in [2.45, 2.75) is 26.4 Å². The van der Waals surface area contributed by atoms with E-state index in [4.69, 9.17) is 11.6 Å². The van der Waals surface area contributed by atoms with Crippen LogP contribution in [0.2, 0.25) is 5.02 Å². The van der Waals surface area contributed by atoms with Crippen LogP contribution < -0.4 is 5.32 Å². The van der Waals surface area contributed by atoms with Gasteiger partial charge in [0.2, 0.25) is 5.91 Å². The van der Waals surface area contributed by atoms with E-state index in [2.05, 4.69) is 38.2 Å². The zero-order valence-electron chi connectivity index (χ0n) is 20.3. The molecule has 37 heavy (non-hydrogen) atoms. The molecule has 0 bridgehead atoms. The number of benzene rings is 1. The van der Waals surface area contributed by atoms with Crippen LogP contribution in [0.5, 0.6) is 0 Å². The summed E-state index contributed by atoms with van der Waals surface area (Å²) in [6.07, 6.45) is 9.47. The Labute approximate surface area is 223 Å². The number of pyridine rings is 1. The molecule has 0 radical (unpaired) electrons. The Morgan fingerprint density at radius 2 is 2.22 bits per heavy atom. The van der Waals surface area contributed by atoms with E-state index in [0.29, 0.717) is 37.6 Å². The molecule has 0 fully saturated rings. The number of nitrogens with one attached hydrogen (secondary N) is 1. The van der Waals surface area contributed by atoms with Crippen LogP contribution in [0, 0.1) is 5.82 Å². The van der Waals surface area contributed by atoms with Crippen LogP contribution >= 0.6 is 22.9 Å². The first-order chi connectivity index (χ1) is 18.0. The molecule has 1 amide bonds. The van der Waals surface area contributed by atoms with Gasteiger partial charge >= 0.3 is 0 Å². The minimum Gasteiger partial charge on any atom is -0.340 e. The third kappa shape index (κ3) is 5.79. The Kier molecular flexibility index (Phi) is 7.73. The number of aromatic nitrogens is 3. The van der Waals surface area contributed by atoms with E-state index in [-0.39, 0.29) is 10.9 Å². The summed E-state index contributed by atoms with van der Waals surface area (Å²) in [5.74, 6) is 0.187. The van der Waals surface area contributed by atoms with Crippen LogP contribution in [-0.4, -0.2) is 50.3 Å². The van der Waals surface area contributed by atoms with Crippen molar-refractivity contribution in [3.05, 3.63) is 88.0 Å². The number of fused-ring (bicyclic) bond motifs is 3. The van der Waals surface area contributed by atoms with Crippen molar-refractivity contribution in [3.8, 4) is 0 Å². The van der Waals surface area contributed by atoms with Gasteiger partial charge in [0.15, 0.2) is 0 Å². The molecule has 190 valence electrons. The van der Waals surface area contributed by atoms with Crippen molar-refractivity contribution in [2.75, 3.05) is 25.0 Å². The van der Waals surface area contributed by atoms with Crippen molar-refractivity contribution >= 4 is 50.6 Å². The molecule has 1 aromatic carbocycles. The number of likely N-dealkylation sites (N-methyl/N-ethyl adjacent to an activating group) is 1. The molecule has 1 N–H and O–H groups in total. The summed E-state index contributed by atoms with van der Waals surface area (Å²) in [4.78, 5) is 32.1. The number of carbonyl (C=O) groups excluding carboxylic acids is 1. The second kappa shape index (κ2) is 11.3. The number of halogens is 2. The van der Waals surface area contributed by atoms with Gasteiger partial charge in [-0.15, -0.1) is 11.3 Å². The Bertz CT molecular complexity index is 1440. The summed E-state index contributed by atoms with van der Waals surface area (Å²) >= 11 is 7.52. The molecular formula is C27H26ClFN6OS. The highest BCUT2D eigenvalue weighted by atomic mass is 35.5. The molecule has 3 aromatic heterocycles. The predicted octanol–water partition coefficient (Wildman–Crippen LogP) is 5.59. The Balaban J connectivity index is 1.26. The smallest absolute Gasteiger partial charge is 0.246 e. The van der Waals surface area contributed by atoms with Crippen molar-refractivity contribution < 1.29 is 9.18 Å². The van der Waals surface area contributed by atoms with Crippen LogP contribution in [0.15, 0.2) is 61.2 Å². The van der Waals surface area contributed by atoms with E-state index in [9.17, 15) is 9.18 Å². The van der Waals surface area contributed by atoms with Gasteiger partial charge < -0.3 is 10.2 Å². The highest BCUT2D eigenvalue weighted by Crippen LogP contribution is 2.38. The van der Waals surface area contributed by atoms with Crippen molar-refractivity contribution in [3.63, 3.8) is 0 Å². The van der Waals surface area contributed by atoms with Crippen molar-refractivity contribution in [1.29, 1.82) is 0 Å². The molecule has 0 atom stereocenters. The molecule has 0 aliphatic carbocycles. The second-order valence-corrected chi connectivity index (χ2v) is 10.3. The van der Waals surface area contributed by atoms with E-state index < -0.39 is 5.82 Å². The molecule has 10 heteroatoms. The number of amides is 1.